The van der Waals surface area contributed by atoms with Crippen molar-refractivity contribution in [2.24, 2.45) is 0 Å². The number of aliphatic carboxylic acids is 6. The van der Waals surface area contributed by atoms with Crippen LogP contribution < -0.4 is 0 Å². The van der Waals surface area contributed by atoms with Gasteiger partial charge in [0, 0.05) is 38.5 Å². The van der Waals surface area contributed by atoms with Crippen molar-refractivity contribution in [3.8, 4) is 0 Å². The van der Waals surface area contributed by atoms with Gasteiger partial charge in [-0.05, 0) is 25.7 Å². The van der Waals surface area contributed by atoms with Gasteiger partial charge in [0.15, 0.2) is 0 Å². The zero-order chi connectivity index (χ0) is 22.5. The molecule has 0 heterocycles. The summed E-state index contributed by atoms with van der Waals surface area (Å²) in [7, 11) is 0. The maximum absolute atomic E-state index is 9.90. The van der Waals surface area contributed by atoms with E-state index in [1.54, 1.807) is 0 Å². The molecule has 0 amide bonds. The summed E-state index contributed by atoms with van der Waals surface area (Å²) in [5.41, 5.74) is 0. The minimum atomic E-state index is -0.948. The third-order valence-electron chi connectivity index (χ3n) is 2.59. The van der Waals surface area contributed by atoms with Crippen molar-refractivity contribution < 1.29 is 59.4 Å². The van der Waals surface area contributed by atoms with Gasteiger partial charge in [-0.2, -0.15) is 0 Å². The van der Waals surface area contributed by atoms with Gasteiger partial charge >= 0.3 is 35.8 Å². The standard InChI is InChI=1S/C6H10O4.2C5H8O4/c7-5(8)3-1-2-4-6(9)10;2*6-4(7)2-1-3-5(8)9/h1-4H2,(H,7,8)(H,9,10);2*1-3H2,(H,6,7)(H,8,9). The molecular formula is C16H26O12. The van der Waals surface area contributed by atoms with E-state index in [4.69, 9.17) is 30.6 Å². The van der Waals surface area contributed by atoms with Gasteiger partial charge in [0.25, 0.3) is 0 Å². The Morgan fingerprint density at radius 1 is 0.321 bits per heavy atom. The molecule has 0 bridgehead atoms. The number of hydrogen-bond donors (Lipinski definition) is 6. The lowest BCUT2D eigenvalue weighted by molar-refractivity contribution is -0.140. The normalized spacial score (nSPS) is 9.00. The highest BCUT2D eigenvalue weighted by molar-refractivity contribution is 5.70. The molecule has 0 unspecified atom stereocenters. The Bertz CT molecular complexity index is 438. The summed E-state index contributed by atoms with van der Waals surface area (Å²) in [4.78, 5) is 58.9. The molecular weight excluding hydrogens is 384 g/mol. The lowest BCUT2D eigenvalue weighted by Gasteiger charge is -1.92. The molecule has 0 atom stereocenters. The molecule has 28 heavy (non-hydrogen) atoms. The smallest absolute Gasteiger partial charge is 0.303 e. The highest BCUT2D eigenvalue weighted by Crippen LogP contribution is 1.98. The third-order valence-corrected chi connectivity index (χ3v) is 2.59. The molecule has 162 valence electrons. The van der Waals surface area contributed by atoms with Crippen molar-refractivity contribution >= 4 is 35.8 Å². The second-order valence-corrected chi connectivity index (χ2v) is 5.28. The molecule has 0 aromatic heterocycles. The molecule has 0 aliphatic heterocycles. The monoisotopic (exact) mass is 410 g/mol. The van der Waals surface area contributed by atoms with Crippen molar-refractivity contribution in [3.63, 3.8) is 0 Å². The van der Waals surface area contributed by atoms with E-state index < -0.39 is 35.8 Å². The van der Waals surface area contributed by atoms with Crippen molar-refractivity contribution in [1.29, 1.82) is 0 Å². The molecule has 0 rings (SSSR count). The Morgan fingerprint density at radius 2 is 0.464 bits per heavy atom. The molecule has 0 saturated heterocycles. The van der Waals surface area contributed by atoms with E-state index in [2.05, 4.69) is 0 Å². The maximum atomic E-state index is 9.90. The van der Waals surface area contributed by atoms with Crippen molar-refractivity contribution in [3.05, 3.63) is 0 Å². The summed E-state index contributed by atoms with van der Waals surface area (Å²) in [6.07, 6.45) is 1.19. The van der Waals surface area contributed by atoms with Crippen LogP contribution in [0.5, 0.6) is 0 Å². The summed E-state index contributed by atoms with van der Waals surface area (Å²) in [5, 5.41) is 48.4. The molecule has 12 heteroatoms. The first-order chi connectivity index (χ1) is 12.9. The highest BCUT2D eigenvalue weighted by atomic mass is 16.4. The van der Waals surface area contributed by atoms with Gasteiger partial charge in [0.05, 0.1) is 0 Å². The van der Waals surface area contributed by atoms with E-state index in [0.29, 0.717) is 12.8 Å². The zero-order valence-corrected chi connectivity index (χ0v) is 15.2. The quantitative estimate of drug-likeness (QED) is 0.237. The van der Waals surface area contributed by atoms with Crippen LogP contribution in [0.25, 0.3) is 0 Å². The first kappa shape index (κ1) is 29.6. The molecule has 0 fully saturated rings. The van der Waals surface area contributed by atoms with E-state index in [0.717, 1.165) is 0 Å². The third kappa shape index (κ3) is 43.4. The molecule has 0 aromatic rings. The second-order valence-electron chi connectivity index (χ2n) is 5.28. The van der Waals surface area contributed by atoms with Gasteiger partial charge in [-0.25, -0.2) is 0 Å². The van der Waals surface area contributed by atoms with Crippen LogP contribution in [0.3, 0.4) is 0 Å². The molecule has 12 nitrogen and oxygen atoms in total. The first-order valence-corrected chi connectivity index (χ1v) is 8.19. The van der Waals surface area contributed by atoms with E-state index in [1.807, 2.05) is 0 Å². The summed E-state index contributed by atoms with van der Waals surface area (Å²) in [5.74, 6) is -5.53. The number of hydrogen-bond acceptors (Lipinski definition) is 6. The van der Waals surface area contributed by atoms with E-state index in [9.17, 15) is 28.8 Å². The molecule has 0 aliphatic carbocycles. The van der Waals surface area contributed by atoms with Crippen LogP contribution in [-0.2, 0) is 28.8 Å². The molecule has 0 spiro atoms. The zero-order valence-electron chi connectivity index (χ0n) is 15.2. The first-order valence-electron chi connectivity index (χ1n) is 8.19. The molecule has 6 N–H and O–H groups in total. The van der Waals surface area contributed by atoms with Crippen molar-refractivity contribution in [2.75, 3.05) is 0 Å². The van der Waals surface area contributed by atoms with Gasteiger partial charge in [0.1, 0.15) is 0 Å². The fourth-order valence-corrected chi connectivity index (χ4v) is 1.33. The second kappa shape index (κ2) is 20.1. The Morgan fingerprint density at radius 3 is 0.607 bits per heavy atom. The Kier molecular flexibility index (Phi) is 21.3. The van der Waals surface area contributed by atoms with E-state index in [-0.39, 0.29) is 51.4 Å². The summed E-state index contributed by atoms with van der Waals surface area (Å²) in [6, 6.07) is 0. The molecule has 0 radical (unpaired) electrons. The predicted molar refractivity (Wildman–Crippen MR) is 92.0 cm³/mol. The summed E-state index contributed by atoms with van der Waals surface area (Å²) in [6.45, 7) is 0. The van der Waals surface area contributed by atoms with E-state index >= 15 is 0 Å². The lowest BCUT2D eigenvalue weighted by atomic mass is 10.2. The fourth-order valence-electron chi connectivity index (χ4n) is 1.33. The van der Waals surface area contributed by atoms with Crippen LogP contribution >= 0.6 is 0 Å². The molecule has 0 saturated carbocycles. The number of carboxylic acid groups (broad SMARTS) is 6. The fraction of sp³-hybridized carbons (Fsp3) is 0.625. The maximum Gasteiger partial charge on any atom is 0.303 e. The van der Waals surface area contributed by atoms with Crippen molar-refractivity contribution in [2.45, 2.75) is 64.2 Å². The average Bonchev–Trinajstić information content (AvgIpc) is 2.51. The van der Waals surface area contributed by atoms with Crippen LogP contribution in [0.1, 0.15) is 64.2 Å². The lowest BCUT2D eigenvalue weighted by Crippen LogP contribution is -1.98. The largest absolute Gasteiger partial charge is 0.481 e. The average molecular weight is 410 g/mol. The molecule has 0 aliphatic rings. The van der Waals surface area contributed by atoms with Gasteiger partial charge in [-0.3, -0.25) is 28.8 Å². The Balaban J connectivity index is -0.000000336. The SMILES string of the molecule is O=C(O)CCCC(=O)O.O=C(O)CCCC(=O)O.O=C(O)CCCCC(=O)O. The van der Waals surface area contributed by atoms with Crippen LogP contribution in [0.2, 0.25) is 0 Å². The van der Waals surface area contributed by atoms with Gasteiger partial charge in [0.2, 0.25) is 0 Å². The summed E-state index contributed by atoms with van der Waals surface area (Å²) >= 11 is 0. The Labute approximate surface area is 160 Å². The number of carbonyl (C=O) groups is 6. The van der Waals surface area contributed by atoms with Gasteiger partial charge in [-0.15, -0.1) is 0 Å². The van der Waals surface area contributed by atoms with Crippen molar-refractivity contribution in [1.82, 2.24) is 0 Å². The molecule has 0 aromatic carbocycles. The topological polar surface area (TPSA) is 224 Å². The van der Waals surface area contributed by atoms with Crippen LogP contribution in [-0.4, -0.2) is 66.5 Å². The number of rotatable bonds is 13. The number of unbranched alkanes of at least 4 members (excludes halogenated alkanes) is 1. The summed E-state index contributed by atoms with van der Waals surface area (Å²) < 4.78 is 0. The Hall–Kier alpha value is -3.18. The van der Waals surface area contributed by atoms with Gasteiger partial charge in [-0.1, -0.05) is 0 Å². The highest BCUT2D eigenvalue weighted by Gasteiger charge is 2.00. The van der Waals surface area contributed by atoms with Gasteiger partial charge < -0.3 is 30.6 Å². The van der Waals surface area contributed by atoms with Crippen LogP contribution in [0, 0.1) is 0 Å². The van der Waals surface area contributed by atoms with Crippen LogP contribution in [0.4, 0.5) is 0 Å². The predicted octanol–water partition coefficient (Wildman–Crippen LogP) is 1.37. The minimum absolute atomic E-state index is 0.0628. The minimum Gasteiger partial charge on any atom is -0.481 e. The van der Waals surface area contributed by atoms with E-state index in [1.165, 1.54) is 0 Å². The number of carboxylic acids is 6. The van der Waals surface area contributed by atoms with Crippen LogP contribution in [0.15, 0.2) is 0 Å².